The Morgan fingerprint density at radius 1 is 0.240 bits per heavy atom. The van der Waals surface area contributed by atoms with Gasteiger partial charge in [0.25, 0.3) is 0 Å². The zero-order valence-electron chi connectivity index (χ0n) is 40.7. The minimum absolute atomic E-state index is 0.522. The molecule has 0 amide bonds. The Morgan fingerprint density at radius 3 is 1.36 bits per heavy atom. The predicted octanol–water partition coefficient (Wildman–Crippen LogP) is 17.8. The number of rotatable bonds is 5. The van der Waals surface area contributed by atoms with Crippen LogP contribution in [0.5, 0.6) is 0 Å². The van der Waals surface area contributed by atoms with Gasteiger partial charge in [-0.1, -0.05) is 224 Å². The molecule has 11 aromatic carbocycles. The van der Waals surface area contributed by atoms with Crippen molar-refractivity contribution in [2.24, 2.45) is 0 Å². The number of hydrogen-bond acceptors (Lipinski definition) is 3. The van der Waals surface area contributed by atoms with Crippen molar-refractivity contribution in [2.75, 3.05) is 0 Å². The van der Waals surface area contributed by atoms with E-state index >= 15 is 0 Å². The van der Waals surface area contributed by atoms with E-state index in [-0.39, 0.29) is 0 Å². The van der Waals surface area contributed by atoms with Crippen molar-refractivity contribution in [3.8, 4) is 78.4 Å². The zero-order valence-corrected chi connectivity index (χ0v) is 40.7. The highest BCUT2D eigenvalue weighted by Crippen LogP contribution is 2.68. The Balaban J connectivity index is 0.912. The molecule has 2 aromatic heterocycles. The van der Waals surface area contributed by atoms with E-state index in [2.05, 4.69) is 261 Å². The van der Waals surface area contributed by atoms with E-state index < -0.39 is 10.8 Å². The number of fused-ring (bicyclic) bond motifs is 19. The molecular weight excluding hydrogens is 909 g/mol. The predicted molar refractivity (Wildman–Crippen MR) is 305 cm³/mol. The summed E-state index contributed by atoms with van der Waals surface area (Å²) in [5.74, 6) is 0.676. The van der Waals surface area contributed by atoms with E-state index in [4.69, 9.17) is 14.4 Å². The van der Waals surface area contributed by atoms with E-state index in [0.29, 0.717) is 5.82 Å². The van der Waals surface area contributed by atoms with Crippen LogP contribution in [0.15, 0.2) is 271 Å². The van der Waals surface area contributed by atoms with Crippen molar-refractivity contribution < 1.29 is 4.42 Å². The summed E-state index contributed by atoms with van der Waals surface area (Å²) in [6.07, 6.45) is 0. The second-order valence-electron chi connectivity index (χ2n) is 20.3. The Bertz CT molecular complexity index is 4390. The number of furan rings is 1. The summed E-state index contributed by atoms with van der Waals surface area (Å²) >= 11 is 0. The molecule has 16 rings (SSSR count). The van der Waals surface area contributed by atoms with Gasteiger partial charge in [0.1, 0.15) is 11.2 Å². The van der Waals surface area contributed by atoms with Gasteiger partial charge in [-0.25, -0.2) is 9.97 Å². The summed E-state index contributed by atoms with van der Waals surface area (Å²) in [7, 11) is 0. The summed E-state index contributed by atoms with van der Waals surface area (Å²) in [4.78, 5) is 10.6. The van der Waals surface area contributed by atoms with Crippen molar-refractivity contribution in [3.05, 3.63) is 311 Å². The Morgan fingerprint density at radius 2 is 0.693 bits per heavy atom. The molecule has 0 saturated heterocycles. The molecule has 13 aromatic rings. The van der Waals surface area contributed by atoms with Crippen LogP contribution >= 0.6 is 0 Å². The Hall–Kier alpha value is -9.70. The maximum atomic E-state index is 6.74. The molecule has 0 aliphatic heterocycles. The molecule has 2 heterocycles. The van der Waals surface area contributed by atoms with Gasteiger partial charge in [-0.3, -0.25) is 0 Å². The highest BCUT2D eigenvalue weighted by molar-refractivity contribution is 6.08. The van der Waals surface area contributed by atoms with Crippen LogP contribution in [-0.4, -0.2) is 9.97 Å². The molecule has 2 spiro atoms. The van der Waals surface area contributed by atoms with Crippen molar-refractivity contribution in [2.45, 2.75) is 10.8 Å². The van der Waals surface area contributed by atoms with Gasteiger partial charge in [0, 0.05) is 27.5 Å². The van der Waals surface area contributed by atoms with Crippen LogP contribution in [0.25, 0.3) is 100 Å². The average Bonchev–Trinajstić information content (AvgIpc) is 4.23. The van der Waals surface area contributed by atoms with Crippen LogP contribution in [0.2, 0.25) is 0 Å². The molecule has 348 valence electrons. The lowest BCUT2D eigenvalue weighted by molar-refractivity contribution is 0.633. The van der Waals surface area contributed by atoms with Crippen LogP contribution in [0.3, 0.4) is 0 Å². The maximum Gasteiger partial charge on any atom is 0.160 e. The minimum Gasteiger partial charge on any atom is -0.456 e. The van der Waals surface area contributed by atoms with Gasteiger partial charge in [-0.05, 0) is 131 Å². The lowest BCUT2D eigenvalue weighted by Gasteiger charge is -2.48. The van der Waals surface area contributed by atoms with Crippen LogP contribution < -0.4 is 0 Å². The quantitative estimate of drug-likeness (QED) is 0.173. The summed E-state index contributed by atoms with van der Waals surface area (Å²) in [5.41, 5.74) is 25.3. The second kappa shape index (κ2) is 15.9. The fourth-order valence-electron chi connectivity index (χ4n) is 13.5. The molecule has 0 saturated carbocycles. The number of hydrogen-bond donors (Lipinski definition) is 0. The third kappa shape index (κ3) is 5.86. The Kier molecular flexibility index (Phi) is 8.88. The standard InChI is InChI=1S/C72H44N2O/c1-3-19-45(20-4-1)47-23-17-25-50(39-47)67-44-66(46-21-5-2-6-22-46)73-70(74-67)51-26-18-24-48(40-51)49-37-38-60-55(41-49)56-43-69-57(54-29-9-16-36-68(54)75-69)42-65(56)72(60)63-34-14-12-32-61(63)71(62-33-13-15-35-64(62)72)58-30-10-7-27-52(58)53-28-8-11-31-59(53)71/h1-44H. The van der Waals surface area contributed by atoms with Crippen LogP contribution in [0, 0.1) is 0 Å². The molecule has 0 atom stereocenters. The number of nitrogens with zero attached hydrogens (tertiary/aromatic N) is 2. The topological polar surface area (TPSA) is 38.9 Å². The SMILES string of the molecule is c1ccc(-c2cccc(-c3cc(-c4ccccc4)nc(-c4cccc(-c5ccc6c(c5)-c5cc7oc8ccccc8c7cc5C65c6ccccc6C6(c7ccccc7-c7ccccc76)c6ccccc65)c4)n3)c2)cc1. The van der Waals surface area contributed by atoms with Crippen molar-refractivity contribution >= 4 is 21.9 Å². The Labute approximate surface area is 434 Å². The molecule has 3 nitrogen and oxygen atoms in total. The summed E-state index contributed by atoms with van der Waals surface area (Å²) in [6.45, 7) is 0. The van der Waals surface area contributed by atoms with E-state index in [1.807, 2.05) is 6.07 Å². The third-order valence-electron chi connectivity index (χ3n) is 16.6. The average molecular weight is 953 g/mol. The normalized spacial score (nSPS) is 13.8. The zero-order chi connectivity index (χ0) is 49.2. The van der Waals surface area contributed by atoms with Gasteiger partial charge in [0.2, 0.25) is 0 Å². The molecule has 3 heteroatoms. The van der Waals surface area contributed by atoms with Gasteiger partial charge in [0.05, 0.1) is 22.2 Å². The summed E-state index contributed by atoms with van der Waals surface area (Å²) in [6, 6.07) is 97.7. The van der Waals surface area contributed by atoms with Crippen molar-refractivity contribution in [3.63, 3.8) is 0 Å². The van der Waals surface area contributed by atoms with E-state index in [1.165, 1.54) is 72.3 Å². The molecular formula is C72H44N2O. The molecule has 0 unspecified atom stereocenters. The highest BCUT2D eigenvalue weighted by Gasteiger charge is 2.59. The molecule has 3 aliphatic rings. The molecule has 0 bridgehead atoms. The molecule has 0 fully saturated rings. The van der Waals surface area contributed by atoms with E-state index in [0.717, 1.165) is 66.7 Å². The molecule has 0 radical (unpaired) electrons. The van der Waals surface area contributed by atoms with Crippen molar-refractivity contribution in [1.82, 2.24) is 9.97 Å². The van der Waals surface area contributed by atoms with Crippen LogP contribution in [0.1, 0.15) is 44.5 Å². The fraction of sp³-hybridized carbons (Fsp3) is 0.0278. The number of benzene rings is 11. The van der Waals surface area contributed by atoms with Crippen molar-refractivity contribution in [1.29, 1.82) is 0 Å². The maximum absolute atomic E-state index is 6.74. The minimum atomic E-state index is -0.650. The van der Waals surface area contributed by atoms with Crippen LogP contribution in [0.4, 0.5) is 0 Å². The molecule has 0 N–H and O–H groups in total. The van der Waals surface area contributed by atoms with Gasteiger partial charge < -0.3 is 4.42 Å². The molecule has 3 aliphatic carbocycles. The summed E-state index contributed by atoms with van der Waals surface area (Å²) in [5, 5.41) is 2.25. The third-order valence-corrected chi connectivity index (χ3v) is 16.6. The first kappa shape index (κ1) is 41.9. The van der Waals surface area contributed by atoms with Gasteiger partial charge >= 0.3 is 0 Å². The van der Waals surface area contributed by atoms with Crippen LogP contribution in [-0.2, 0) is 10.8 Å². The first-order valence-electron chi connectivity index (χ1n) is 25.9. The van der Waals surface area contributed by atoms with Gasteiger partial charge in [-0.2, -0.15) is 0 Å². The second-order valence-corrected chi connectivity index (χ2v) is 20.3. The van der Waals surface area contributed by atoms with Gasteiger partial charge in [0.15, 0.2) is 5.82 Å². The number of aromatic nitrogens is 2. The highest BCUT2D eigenvalue weighted by atomic mass is 16.3. The largest absolute Gasteiger partial charge is 0.456 e. The van der Waals surface area contributed by atoms with E-state index in [1.54, 1.807) is 0 Å². The lowest BCUT2D eigenvalue weighted by Crippen LogP contribution is -2.43. The molecule has 75 heavy (non-hydrogen) atoms. The summed E-state index contributed by atoms with van der Waals surface area (Å²) < 4.78 is 6.74. The smallest absolute Gasteiger partial charge is 0.160 e. The lowest BCUT2D eigenvalue weighted by atomic mass is 9.52. The monoisotopic (exact) mass is 952 g/mol. The number of para-hydroxylation sites is 1. The first-order valence-corrected chi connectivity index (χ1v) is 25.9. The fourth-order valence-corrected chi connectivity index (χ4v) is 13.5. The van der Waals surface area contributed by atoms with E-state index in [9.17, 15) is 0 Å². The van der Waals surface area contributed by atoms with Gasteiger partial charge in [-0.15, -0.1) is 0 Å². The first-order chi connectivity index (χ1) is 37.2.